The molecule has 1 aliphatic rings. The zero-order valence-electron chi connectivity index (χ0n) is 13.1. The summed E-state index contributed by atoms with van der Waals surface area (Å²) in [6, 6.07) is -0.342. The van der Waals surface area contributed by atoms with Crippen LogP contribution in [0.3, 0.4) is 0 Å². The van der Waals surface area contributed by atoms with E-state index in [1.165, 1.54) is 0 Å². The van der Waals surface area contributed by atoms with Crippen LogP contribution in [0, 0.1) is 6.92 Å². The third kappa shape index (κ3) is 3.89. The van der Waals surface area contributed by atoms with Crippen molar-refractivity contribution in [1.82, 2.24) is 14.8 Å². The highest BCUT2D eigenvalue weighted by Crippen LogP contribution is 2.23. The molecule has 0 aromatic carbocycles. The molecule has 7 heteroatoms. The van der Waals surface area contributed by atoms with Crippen molar-refractivity contribution in [2.24, 2.45) is 0 Å². The minimum absolute atomic E-state index is 0.0467. The molecule has 0 radical (unpaired) electrons. The first-order valence-corrected chi connectivity index (χ1v) is 9.31. The average Bonchev–Trinajstić information content (AvgIpc) is 3.14. The van der Waals surface area contributed by atoms with E-state index in [9.17, 15) is 9.59 Å². The molecule has 0 N–H and O–H groups in total. The van der Waals surface area contributed by atoms with E-state index in [2.05, 4.69) is 4.98 Å². The van der Waals surface area contributed by atoms with Crippen molar-refractivity contribution in [3.63, 3.8) is 0 Å². The Labute approximate surface area is 139 Å². The van der Waals surface area contributed by atoms with Crippen molar-refractivity contribution in [3.05, 3.63) is 22.2 Å². The van der Waals surface area contributed by atoms with Crippen LogP contribution >= 0.6 is 23.1 Å². The van der Waals surface area contributed by atoms with Gasteiger partial charge in [0.15, 0.2) is 0 Å². The quantitative estimate of drug-likeness (QED) is 0.772. The first-order valence-electron chi connectivity index (χ1n) is 7.34. The largest absolute Gasteiger partial charge is 0.341 e. The summed E-state index contributed by atoms with van der Waals surface area (Å²) in [7, 11) is 0. The Bertz CT molecular complexity index is 567. The van der Waals surface area contributed by atoms with Gasteiger partial charge in [-0.3, -0.25) is 9.59 Å². The maximum Gasteiger partial charge on any atom is 0.248 e. The Morgan fingerprint density at radius 1 is 1.45 bits per heavy atom. The summed E-state index contributed by atoms with van der Waals surface area (Å²) in [4.78, 5) is 33.4. The van der Waals surface area contributed by atoms with E-state index in [1.807, 2.05) is 20.8 Å². The summed E-state index contributed by atoms with van der Waals surface area (Å²) in [5.41, 5.74) is 0. The molecule has 2 amide bonds. The van der Waals surface area contributed by atoms with Crippen LogP contribution in [0.2, 0.25) is 0 Å². The zero-order valence-corrected chi connectivity index (χ0v) is 14.7. The van der Waals surface area contributed by atoms with Gasteiger partial charge in [-0.15, -0.1) is 23.1 Å². The molecule has 2 rings (SSSR count). The van der Waals surface area contributed by atoms with Crippen molar-refractivity contribution in [1.29, 1.82) is 0 Å². The van der Waals surface area contributed by atoms with Crippen LogP contribution in [0.5, 0.6) is 0 Å². The van der Waals surface area contributed by atoms with Crippen LogP contribution in [0.4, 0.5) is 0 Å². The second-order valence-electron chi connectivity index (χ2n) is 4.95. The molecule has 22 heavy (non-hydrogen) atoms. The van der Waals surface area contributed by atoms with Gasteiger partial charge in [-0.05, 0) is 26.8 Å². The fourth-order valence-electron chi connectivity index (χ4n) is 2.31. The van der Waals surface area contributed by atoms with Gasteiger partial charge in [-0.1, -0.05) is 0 Å². The van der Waals surface area contributed by atoms with Crippen molar-refractivity contribution in [3.8, 4) is 0 Å². The van der Waals surface area contributed by atoms with E-state index in [4.69, 9.17) is 0 Å². The highest BCUT2D eigenvalue weighted by atomic mass is 32.2. The monoisotopic (exact) mass is 339 g/mol. The van der Waals surface area contributed by atoms with Crippen molar-refractivity contribution in [2.45, 2.75) is 26.8 Å². The van der Waals surface area contributed by atoms with Crippen LogP contribution in [0.1, 0.15) is 23.7 Å². The molecule has 1 atom stereocenters. The topological polar surface area (TPSA) is 53.5 Å². The molecule has 1 aromatic rings. The number of carbonyl (C=O) groups excluding carboxylic acids is 2. The Kier molecular flexibility index (Phi) is 6.02. The smallest absolute Gasteiger partial charge is 0.248 e. The number of nitrogens with zero attached hydrogens (tertiary/aromatic N) is 3. The van der Waals surface area contributed by atoms with Gasteiger partial charge >= 0.3 is 0 Å². The van der Waals surface area contributed by atoms with E-state index in [-0.39, 0.29) is 17.9 Å². The summed E-state index contributed by atoms with van der Waals surface area (Å²) in [5.74, 6) is 1.18. The molecule has 2 heterocycles. The standard InChI is InChI=1S/C15H21N3O2S2/c1-4-17(5-2)15(20)13-9-21-10-18(13)14(19)7-6-12-8-16-11(3)22-12/h6-8,13H,4-5,9-10H2,1-3H3/b7-6-/t13-/m0/s1. The van der Waals surface area contributed by atoms with Crippen LogP contribution < -0.4 is 0 Å². The third-order valence-corrected chi connectivity index (χ3v) is 5.45. The molecule has 0 bridgehead atoms. The molecule has 0 unspecified atom stereocenters. The fraction of sp³-hybridized carbons (Fsp3) is 0.533. The highest BCUT2D eigenvalue weighted by Gasteiger charge is 2.35. The summed E-state index contributed by atoms with van der Waals surface area (Å²) >= 11 is 3.17. The predicted molar refractivity (Wildman–Crippen MR) is 91.8 cm³/mol. The Morgan fingerprint density at radius 2 is 2.18 bits per heavy atom. The van der Waals surface area contributed by atoms with Crippen LogP contribution in [0.25, 0.3) is 6.08 Å². The summed E-state index contributed by atoms with van der Waals surface area (Å²) in [6.07, 6.45) is 5.07. The minimum atomic E-state index is -0.342. The maximum absolute atomic E-state index is 12.5. The molecule has 1 saturated heterocycles. The number of hydrogen-bond donors (Lipinski definition) is 0. The number of thiazole rings is 1. The normalized spacial score (nSPS) is 18.1. The maximum atomic E-state index is 12.5. The lowest BCUT2D eigenvalue weighted by Crippen LogP contribution is -2.48. The predicted octanol–water partition coefficient (Wildman–Crippen LogP) is 2.23. The van der Waals surface area contributed by atoms with Crippen molar-refractivity contribution >= 4 is 41.0 Å². The molecular formula is C15H21N3O2S2. The van der Waals surface area contributed by atoms with Gasteiger partial charge in [0.05, 0.1) is 10.9 Å². The van der Waals surface area contributed by atoms with Crippen LogP contribution in [-0.2, 0) is 9.59 Å². The van der Waals surface area contributed by atoms with Gasteiger partial charge in [0.2, 0.25) is 11.8 Å². The summed E-state index contributed by atoms with van der Waals surface area (Å²) in [5, 5.41) is 0.971. The van der Waals surface area contributed by atoms with E-state index >= 15 is 0 Å². The lowest BCUT2D eigenvalue weighted by atomic mass is 10.2. The number of hydrogen-bond acceptors (Lipinski definition) is 5. The summed E-state index contributed by atoms with van der Waals surface area (Å²) in [6.45, 7) is 7.20. The van der Waals surface area contributed by atoms with Gasteiger partial charge in [0, 0.05) is 36.0 Å². The van der Waals surface area contributed by atoms with Crippen molar-refractivity contribution < 1.29 is 9.59 Å². The number of amides is 2. The van der Waals surface area contributed by atoms with E-state index in [0.717, 1.165) is 9.88 Å². The lowest BCUT2D eigenvalue weighted by Gasteiger charge is -2.27. The number of aromatic nitrogens is 1. The van der Waals surface area contributed by atoms with Crippen molar-refractivity contribution in [2.75, 3.05) is 24.7 Å². The fourth-order valence-corrected chi connectivity index (χ4v) is 4.16. The molecule has 5 nitrogen and oxygen atoms in total. The molecule has 0 spiro atoms. The first kappa shape index (κ1) is 17.0. The summed E-state index contributed by atoms with van der Waals surface area (Å²) < 4.78 is 0. The van der Waals surface area contributed by atoms with Gasteiger partial charge in [0.1, 0.15) is 6.04 Å². The van der Waals surface area contributed by atoms with Gasteiger partial charge < -0.3 is 9.80 Å². The average molecular weight is 339 g/mol. The molecule has 120 valence electrons. The second kappa shape index (κ2) is 7.78. The number of aryl methyl sites for hydroxylation is 1. The van der Waals surface area contributed by atoms with Gasteiger partial charge in [-0.25, -0.2) is 4.98 Å². The van der Waals surface area contributed by atoms with Crippen LogP contribution in [0.15, 0.2) is 12.3 Å². The van der Waals surface area contributed by atoms with E-state index in [0.29, 0.717) is 24.7 Å². The molecule has 1 aliphatic heterocycles. The zero-order chi connectivity index (χ0) is 16.1. The molecule has 0 saturated carbocycles. The minimum Gasteiger partial charge on any atom is -0.341 e. The Morgan fingerprint density at radius 3 is 2.77 bits per heavy atom. The Hall–Kier alpha value is -1.34. The Balaban J connectivity index is 2.04. The molecule has 1 aromatic heterocycles. The number of rotatable bonds is 5. The van der Waals surface area contributed by atoms with Gasteiger partial charge in [0.25, 0.3) is 0 Å². The molecular weight excluding hydrogens is 318 g/mol. The van der Waals surface area contributed by atoms with E-state index in [1.54, 1.807) is 51.2 Å². The third-order valence-electron chi connectivity index (χ3n) is 3.55. The lowest BCUT2D eigenvalue weighted by molar-refractivity contribution is -0.140. The first-order chi connectivity index (χ1) is 10.6. The number of likely N-dealkylation sites (N-methyl/N-ethyl adjacent to an activating group) is 1. The SMILES string of the molecule is CCN(CC)C(=O)[C@@H]1CSCN1C(=O)/C=C\c1cnc(C)s1. The highest BCUT2D eigenvalue weighted by molar-refractivity contribution is 7.99. The van der Waals surface area contributed by atoms with Crippen LogP contribution in [-0.4, -0.2) is 57.4 Å². The number of thioether (sulfide) groups is 1. The van der Waals surface area contributed by atoms with Gasteiger partial charge in [-0.2, -0.15) is 0 Å². The molecule has 0 aliphatic carbocycles. The second-order valence-corrected chi connectivity index (χ2v) is 7.22. The number of carbonyl (C=O) groups is 2. The van der Waals surface area contributed by atoms with E-state index < -0.39 is 0 Å². The molecule has 1 fully saturated rings.